The Morgan fingerprint density at radius 1 is 1.30 bits per heavy atom. The molecule has 0 saturated heterocycles. The van der Waals surface area contributed by atoms with E-state index < -0.39 is 16.1 Å². The highest BCUT2D eigenvalue weighted by Gasteiger charge is 2.28. The van der Waals surface area contributed by atoms with Gasteiger partial charge in [-0.15, -0.1) is 0 Å². The van der Waals surface area contributed by atoms with Crippen LogP contribution in [0.15, 0.2) is 21.5 Å². The third kappa shape index (κ3) is 3.25. The summed E-state index contributed by atoms with van der Waals surface area (Å²) in [5.41, 5.74) is 0. The Hall–Kier alpha value is -0.830. The summed E-state index contributed by atoms with van der Waals surface area (Å²) in [5, 5.41) is 9.11. The molecule has 0 fully saturated rings. The van der Waals surface area contributed by atoms with Crippen LogP contribution >= 0.6 is 15.9 Å². The molecule has 1 aromatic carbocycles. The van der Waals surface area contributed by atoms with Crippen LogP contribution < -0.4 is 9.47 Å². The van der Waals surface area contributed by atoms with Crippen LogP contribution in [0.5, 0.6) is 11.5 Å². The van der Waals surface area contributed by atoms with Gasteiger partial charge in [-0.2, -0.15) is 4.31 Å². The lowest BCUT2D eigenvalue weighted by Crippen LogP contribution is -2.37. The fraction of sp³-hybridized carbons (Fsp3) is 0.500. The Bertz CT molecular complexity index is 575. The van der Waals surface area contributed by atoms with Crippen LogP contribution in [0.4, 0.5) is 0 Å². The molecule has 1 atom stereocenters. The van der Waals surface area contributed by atoms with Crippen molar-refractivity contribution in [3.63, 3.8) is 0 Å². The van der Waals surface area contributed by atoms with E-state index >= 15 is 0 Å². The van der Waals surface area contributed by atoms with Gasteiger partial charge in [-0.3, -0.25) is 0 Å². The van der Waals surface area contributed by atoms with Gasteiger partial charge in [-0.05, 0) is 28.9 Å². The molecule has 0 saturated carbocycles. The maximum atomic E-state index is 12.5. The largest absolute Gasteiger partial charge is 0.493 e. The van der Waals surface area contributed by atoms with Crippen molar-refractivity contribution in [2.45, 2.75) is 17.9 Å². The number of hydrogen-bond acceptors (Lipinski definition) is 5. The smallest absolute Gasteiger partial charge is 0.244 e. The van der Waals surface area contributed by atoms with Crippen molar-refractivity contribution in [2.24, 2.45) is 0 Å². The molecule has 1 N–H and O–H groups in total. The van der Waals surface area contributed by atoms with Crippen LogP contribution in [0.25, 0.3) is 0 Å². The number of sulfonamides is 1. The summed E-state index contributed by atoms with van der Waals surface area (Å²) in [6.07, 6.45) is 0. The quantitative estimate of drug-likeness (QED) is 0.823. The predicted molar refractivity (Wildman–Crippen MR) is 78.7 cm³/mol. The molecule has 0 amide bonds. The van der Waals surface area contributed by atoms with Crippen molar-refractivity contribution in [1.29, 1.82) is 0 Å². The fourth-order valence-corrected chi connectivity index (χ4v) is 3.89. The summed E-state index contributed by atoms with van der Waals surface area (Å²) in [4.78, 5) is 0.0537. The summed E-state index contributed by atoms with van der Waals surface area (Å²) >= 11 is 3.22. The average Bonchev–Trinajstić information content (AvgIpc) is 2.44. The second-order valence-corrected chi connectivity index (χ2v) is 7.01. The Labute approximate surface area is 127 Å². The zero-order chi connectivity index (χ0) is 15.5. The van der Waals surface area contributed by atoms with Crippen LogP contribution in [-0.4, -0.2) is 51.7 Å². The molecule has 6 nitrogen and oxygen atoms in total. The minimum Gasteiger partial charge on any atom is -0.493 e. The third-order valence-electron chi connectivity index (χ3n) is 2.98. The summed E-state index contributed by atoms with van der Waals surface area (Å²) in [6, 6.07) is 2.39. The number of ether oxygens (including phenoxy) is 2. The van der Waals surface area contributed by atoms with Gasteiger partial charge in [-0.25, -0.2) is 8.42 Å². The third-order valence-corrected chi connectivity index (χ3v) is 5.91. The number of nitrogens with zero attached hydrogens (tertiary/aromatic N) is 1. The first-order valence-electron chi connectivity index (χ1n) is 5.80. The highest BCUT2D eigenvalue weighted by Crippen LogP contribution is 2.36. The molecular weight excluding hydrogens is 350 g/mol. The van der Waals surface area contributed by atoms with E-state index in [9.17, 15) is 8.42 Å². The van der Waals surface area contributed by atoms with Gasteiger partial charge in [-0.1, -0.05) is 0 Å². The van der Waals surface area contributed by atoms with Crippen molar-refractivity contribution in [2.75, 3.05) is 27.9 Å². The van der Waals surface area contributed by atoms with Crippen LogP contribution in [-0.2, 0) is 10.0 Å². The highest BCUT2D eigenvalue weighted by molar-refractivity contribution is 9.10. The highest BCUT2D eigenvalue weighted by atomic mass is 79.9. The molecule has 1 rings (SSSR count). The first kappa shape index (κ1) is 17.2. The predicted octanol–water partition coefficient (Wildman–Crippen LogP) is 1.47. The molecule has 0 aromatic heterocycles. The van der Waals surface area contributed by atoms with E-state index in [4.69, 9.17) is 14.6 Å². The van der Waals surface area contributed by atoms with Crippen LogP contribution in [0, 0.1) is 0 Å². The van der Waals surface area contributed by atoms with E-state index in [1.54, 1.807) is 6.92 Å². The monoisotopic (exact) mass is 367 g/mol. The number of methoxy groups -OCH3 is 2. The van der Waals surface area contributed by atoms with Crippen molar-refractivity contribution >= 4 is 26.0 Å². The maximum absolute atomic E-state index is 12.5. The molecule has 0 aliphatic rings. The molecule has 1 unspecified atom stereocenters. The van der Waals surface area contributed by atoms with Crippen LogP contribution in [0.1, 0.15) is 6.92 Å². The van der Waals surface area contributed by atoms with Gasteiger partial charge in [0.25, 0.3) is 0 Å². The number of hydrogen-bond donors (Lipinski definition) is 1. The molecule has 20 heavy (non-hydrogen) atoms. The SMILES string of the molecule is COc1cc(Br)c(S(=O)(=O)N(C)C(C)CO)cc1OC. The number of aliphatic hydroxyl groups excluding tert-OH is 1. The molecule has 0 heterocycles. The number of likely N-dealkylation sites (N-methyl/N-ethyl adjacent to an activating group) is 1. The molecule has 0 radical (unpaired) electrons. The second kappa shape index (κ2) is 6.75. The molecule has 1 aromatic rings. The normalized spacial score (nSPS) is 13.3. The van der Waals surface area contributed by atoms with E-state index in [1.165, 1.54) is 33.4 Å². The Kier molecular flexibility index (Phi) is 5.81. The Morgan fingerprint density at radius 2 is 1.80 bits per heavy atom. The zero-order valence-corrected chi connectivity index (χ0v) is 14.2. The fourth-order valence-electron chi connectivity index (χ4n) is 1.54. The minimum absolute atomic E-state index is 0.0537. The lowest BCUT2D eigenvalue weighted by atomic mass is 10.3. The number of halogens is 1. The zero-order valence-electron chi connectivity index (χ0n) is 11.8. The number of benzene rings is 1. The van der Waals surface area contributed by atoms with Gasteiger partial charge in [0.05, 0.1) is 20.8 Å². The topological polar surface area (TPSA) is 76.1 Å². The second-order valence-electron chi connectivity index (χ2n) is 4.19. The van der Waals surface area contributed by atoms with Crippen LogP contribution in [0.3, 0.4) is 0 Å². The van der Waals surface area contributed by atoms with E-state index in [1.807, 2.05) is 0 Å². The Balaban J connectivity index is 3.39. The lowest BCUT2D eigenvalue weighted by Gasteiger charge is -2.23. The van der Waals surface area contributed by atoms with Crippen molar-refractivity contribution < 1.29 is 23.0 Å². The number of rotatable bonds is 6. The molecule has 0 aliphatic heterocycles. The molecule has 114 valence electrons. The molecule has 0 aliphatic carbocycles. The summed E-state index contributed by atoms with van der Waals surface area (Å²) in [5.74, 6) is 0.746. The van der Waals surface area contributed by atoms with Gasteiger partial charge in [0.15, 0.2) is 11.5 Å². The van der Waals surface area contributed by atoms with E-state index in [0.717, 1.165) is 4.31 Å². The molecular formula is C12H18BrNO5S. The van der Waals surface area contributed by atoms with E-state index in [0.29, 0.717) is 16.0 Å². The number of aliphatic hydroxyl groups is 1. The summed E-state index contributed by atoms with van der Waals surface area (Å²) in [7, 11) is 0.572. The van der Waals surface area contributed by atoms with E-state index in [2.05, 4.69) is 15.9 Å². The van der Waals surface area contributed by atoms with Crippen molar-refractivity contribution in [3.8, 4) is 11.5 Å². The molecule has 0 spiro atoms. The summed E-state index contributed by atoms with van der Waals surface area (Å²) in [6.45, 7) is 1.35. The first-order valence-corrected chi connectivity index (χ1v) is 8.03. The minimum atomic E-state index is -3.75. The maximum Gasteiger partial charge on any atom is 0.244 e. The van der Waals surface area contributed by atoms with Crippen molar-refractivity contribution in [1.82, 2.24) is 4.31 Å². The Morgan fingerprint density at radius 3 is 2.25 bits per heavy atom. The van der Waals surface area contributed by atoms with Gasteiger partial charge >= 0.3 is 0 Å². The summed E-state index contributed by atoms with van der Waals surface area (Å²) < 4.78 is 36.7. The molecule has 0 bridgehead atoms. The van der Waals surface area contributed by atoms with Crippen LogP contribution in [0.2, 0.25) is 0 Å². The molecule has 8 heteroatoms. The average molecular weight is 368 g/mol. The van der Waals surface area contributed by atoms with Gasteiger partial charge in [0, 0.05) is 23.6 Å². The standard InChI is InChI=1S/C12H18BrNO5S/c1-8(7-15)14(2)20(16,17)12-6-11(19-4)10(18-3)5-9(12)13/h5-6,8,15H,7H2,1-4H3. The van der Waals surface area contributed by atoms with Gasteiger partial charge < -0.3 is 14.6 Å². The van der Waals surface area contributed by atoms with E-state index in [-0.39, 0.29) is 11.5 Å². The van der Waals surface area contributed by atoms with Crippen molar-refractivity contribution in [3.05, 3.63) is 16.6 Å². The van der Waals surface area contributed by atoms with Gasteiger partial charge in [0.2, 0.25) is 10.0 Å². The van der Waals surface area contributed by atoms with Gasteiger partial charge in [0.1, 0.15) is 4.90 Å². The lowest BCUT2D eigenvalue weighted by molar-refractivity contribution is 0.213. The first-order chi connectivity index (χ1) is 9.29.